The van der Waals surface area contributed by atoms with E-state index >= 15 is 0 Å². The van der Waals surface area contributed by atoms with Gasteiger partial charge in [-0.3, -0.25) is 14.4 Å². The molecule has 9 heteroatoms. The summed E-state index contributed by atoms with van der Waals surface area (Å²) in [5.41, 5.74) is 3.27. The van der Waals surface area contributed by atoms with Crippen molar-refractivity contribution in [2.24, 2.45) is 0 Å². The van der Waals surface area contributed by atoms with Crippen LogP contribution in [0.1, 0.15) is 28.4 Å². The van der Waals surface area contributed by atoms with E-state index in [2.05, 4.69) is 16.0 Å². The fourth-order valence-corrected chi connectivity index (χ4v) is 5.16. The molecule has 0 bridgehead atoms. The SMILES string of the molecule is Cc1ccccc1/C=C(\NC(=O)c1ccccc1)C(=O)Nc1cccc(SC(C)C(=O)Nc2ccc(Cl)cc2Cl)c1. The summed E-state index contributed by atoms with van der Waals surface area (Å²) < 4.78 is 0. The van der Waals surface area contributed by atoms with E-state index in [1.165, 1.54) is 11.8 Å². The molecule has 0 heterocycles. The number of anilines is 2. The number of hydrogen-bond donors (Lipinski definition) is 3. The van der Waals surface area contributed by atoms with Gasteiger partial charge in [-0.25, -0.2) is 0 Å². The molecule has 3 amide bonds. The Morgan fingerprint density at radius 2 is 1.56 bits per heavy atom. The summed E-state index contributed by atoms with van der Waals surface area (Å²) in [6, 6.07) is 28.3. The van der Waals surface area contributed by atoms with Gasteiger partial charge >= 0.3 is 0 Å². The summed E-state index contributed by atoms with van der Waals surface area (Å²) in [6.45, 7) is 3.70. The maximum Gasteiger partial charge on any atom is 0.272 e. The molecular formula is C32H27Cl2N3O3S. The molecule has 0 fully saturated rings. The Bertz CT molecular complexity index is 1610. The first-order chi connectivity index (χ1) is 19.7. The van der Waals surface area contributed by atoms with Gasteiger partial charge in [-0.1, -0.05) is 71.7 Å². The van der Waals surface area contributed by atoms with Crippen LogP contribution in [0.5, 0.6) is 0 Å². The molecule has 6 nitrogen and oxygen atoms in total. The number of carbonyl (C=O) groups is 3. The molecule has 4 aromatic carbocycles. The second-order valence-corrected chi connectivity index (χ2v) is 11.3. The smallest absolute Gasteiger partial charge is 0.272 e. The van der Waals surface area contributed by atoms with Crippen LogP contribution in [0.25, 0.3) is 6.08 Å². The van der Waals surface area contributed by atoms with Crippen molar-refractivity contribution in [1.82, 2.24) is 5.32 Å². The van der Waals surface area contributed by atoms with Crippen LogP contribution in [0.15, 0.2) is 108 Å². The summed E-state index contributed by atoms with van der Waals surface area (Å²) in [5.74, 6) is -1.12. The normalized spacial score (nSPS) is 11.9. The van der Waals surface area contributed by atoms with Crippen LogP contribution >= 0.6 is 35.0 Å². The largest absolute Gasteiger partial charge is 0.324 e. The first kappa shape index (κ1) is 29.9. The Hall–Kier alpha value is -4.04. The van der Waals surface area contributed by atoms with Crippen molar-refractivity contribution < 1.29 is 14.4 Å². The average Bonchev–Trinajstić information content (AvgIpc) is 2.95. The third-order valence-corrected chi connectivity index (χ3v) is 7.62. The molecule has 0 aliphatic heterocycles. The number of benzene rings is 4. The molecule has 0 radical (unpaired) electrons. The molecular weight excluding hydrogens is 577 g/mol. The summed E-state index contributed by atoms with van der Waals surface area (Å²) in [5, 5.41) is 8.80. The standard InChI is InChI=1S/C32H27Cl2N3O3S/c1-20-9-6-7-12-23(20)17-29(37-31(39)22-10-4-3-5-11-22)32(40)35-25-13-8-14-26(19-25)41-21(2)30(38)36-28-16-15-24(33)18-27(28)34/h3-19,21H,1-2H3,(H,35,40)(H,36,38)(H,37,39)/b29-17-. The molecule has 4 rings (SSSR count). The lowest BCUT2D eigenvalue weighted by Gasteiger charge is -2.15. The Morgan fingerprint density at radius 3 is 2.29 bits per heavy atom. The predicted octanol–water partition coefficient (Wildman–Crippen LogP) is 7.83. The van der Waals surface area contributed by atoms with Gasteiger partial charge in [0.2, 0.25) is 5.91 Å². The van der Waals surface area contributed by atoms with Gasteiger partial charge in [-0.2, -0.15) is 0 Å². The molecule has 0 spiro atoms. The lowest BCUT2D eigenvalue weighted by molar-refractivity contribution is -0.115. The first-order valence-corrected chi connectivity index (χ1v) is 14.3. The second kappa shape index (κ2) is 14.0. The van der Waals surface area contributed by atoms with Crippen molar-refractivity contribution in [1.29, 1.82) is 0 Å². The number of hydrogen-bond acceptors (Lipinski definition) is 4. The predicted molar refractivity (Wildman–Crippen MR) is 169 cm³/mol. The zero-order chi connectivity index (χ0) is 29.4. The fourth-order valence-electron chi connectivity index (χ4n) is 3.78. The van der Waals surface area contributed by atoms with E-state index in [-0.39, 0.29) is 11.6 Å². The van der Waals surface area contributed by atoms with E-state index < -0.39 is 17.1 Å². The Kier molecular flexibility index (Phi) is 10.2. The van der Waals surface area contributed by atoms with Gasteiger partial charge in [0.1, 0.15) is 5.70 Å². The van der Waals surface area contributed by atoms with Crippen molar-refractivity contribution in [3.8, 4) is 0 Å². The van der Waals surface area contributed by atoms with Crippen molar-refractivity contribution in [3.63, 3.8) is 0 Å². The molecule has 0 aliphatic rings. The van der Waals surface area contributed by atoms with Gasteiger partial charge in [-0.05, 0) is 79.6 Å². The van der Waals surface area contributed by atoms with Crippen molar-refractivity contribution in [2.75, 3.05) is 10.6 Å². The molecule has 0 aromatic heterocycles. The summed E-state index contributed by atoms with van der Waals surface area (Å²) >= 11 is 13.4. The molecule has 0 aliphatic carbocycles. The number of rotatable bonds is 9. The summed E-state index contributed by atoms with van der Waals surface area (Å²) in [6.07, 6.45) is 1.65. The van der Waals surface area contributed by atoms with E-state index in [1.54, 1.807) is 73.7 Å². The van der Waals surface area contributed by atoms with Crippen LogP contribution in [0.2, 0.25) is 10.0 Å². The van der Waals surface area contributed by atoms with Crippen LogP contribution < -0.4 is 16.0 Å². The van der Waals surface area contributed by atoms with Crippen LogP contribution in [-0.4, -0.2) is 23.0 Å². The highest BCUT2D eigenvalue weighted by Gasteiger charge is 2.18. The van der Waals surface area contributed by atoms with Crippen molar-refractivity contribution in [2.45, 2.75) is 24.0 Å². The molecule has 0 saturated heterocycles. The number of amides is 3. The lowest BCUT2D eigenvalue weighted by atomic mass is 10.1. The van der Waals surface area contributed by atoms with Crippen molar-refractivity contribution in [3.05, 3.63) is 129 Å². The van der Waals surface area contributed by atoms with E-state index in [9.17, 15) is 14.4 Å². The Balaban J connectivity index is 1.48. The zero-order valence-electron chi connectivity index (χ0n) is 22.3. The number of halogens is 2. The molecule has 1 unspecified atom stereocenters. The average molecular weight is 605 g/mol. The van der Waals surface area contributed by atoms with Crippen LogP contribution in [0, 0.1) is 6.92 Å². The molecule has 4 aromatic rings. The number of thioether (sulfide) groups is 1. The minimum Gasteiger partial charge on any atom is -0.324 e. The molecule has 208 valence electrons. The van der Waals surface area contributed by atoms with E-state index in [0.29, 0.717) is 27.0 Å². The lowest BCUT2D eigenvalue weighted by Crippen LogP contribution is -2.30. The summed E-state index contributed by atoms with van der Waals surface area (Å²) in [4.78, 5) is 39.9. The van der Waals surface area contributed by atoms with Gasteiger partial charge in [0, 0.05) is 21.2 Å². The van der Waals surface area contributed by atoms with Crippen LogP contribution in [0.3, 0.4) is 0 Å². The van der Waals surface area contributed by atoms with Gasteiger partial charge < -0.3 is 16.0 Å². The molecule has 1 atom stereocenters. The first-order valence-electron chi connectivity index (χ1n) is 12.7. The minimum atomic E-state index is -0.483. The highest BCUT2D eigenvalue weighted by atomic mass is 35.5. The quantitative estimate of drug-likeness (QED) is 0.134. The maximum atomic E-state index is 13.4. The molecule has 3 N–H and O–H groups in total. The number of aryl methyl sites for hydroxylation is 1. The molecule has 0 saturated carbocycles. The van der Waals surface area contributed by atoms with Crippen LogP contribution in [0.4, 0.5) is 11.4 Å². The molecule has 41 heavy (non-hydrogen) atoms. The Morgan fingerprint density at radius 1 is 0.829 bits per heavy atom. The topological polar surface area (TPSA) is 87.3 Å². The van der Waals surface area contributed by atoms with Gasteiger partial charge in [0.25, 0.3) is 11.8 Å². The van der Waals surface area contributed by atoms with E-state index in [1.807, 2.05) is 43.3 Å². The van der Waals surface area contributed by atoms with E-state index in [0.717, 1.165) is 16.0 Å². The fraction of sp³-hybridized carbons (Fsp3) is 0.0938. The van der Waals surface area contributed by atoms with Gasteiger partial charge in [0.15, 0.2) is 0 Å². The zero-order valence-corrected chi connectivity index (χ0v) is 24.6. The third kappa shape index (κ3) is 8.47. The second-order valence-electron chi connectivity index (χ2n) is 9.09. The highest BCUT2D eigenvalue weighted by Crippen LogP contribution is 2.29. The van der Waals surface area contributed by atoms with E-state index in [4.69, 9.17) is 23.2 Å². The Labute approximate surface area is 253 Å². The van der Waals surface area contributed by atoms with Gasteiger partial charge in [0.05, 0.1) is 16.0 Å². The minimum absolute atomic E-state index is 0.0961. The number of nitrogens with one attached hydrogen (secondary N) is 3. The van der Waals surface area contributed by atoms with Crippen molar-refractivity contribution >= 4 is 70.1 Å². The third-order valence-electron chi connectivity index (χ3n) is 5.98. The monoisotopic (exact) mass is 603 g/mol. The maximum absolute atomic E-state index is 13.4. The van der Waals surface area contributed by atoms with Gasteiger partial charge in [-0.15, -0.1) is 11.8 Å². The highest BCUT2D eigenvalue weighted by molar-refractivity contribution is 8.00. The summed E-state index contributed by atoms with van der Waals surface area (Å²) in [7, 11) is 0. The van der Waals surface area contributed by atoms with Crippen LogP contribution in [-0.2, 0) is 9.59 Å². The number of carbonyl (C=O) groups excluding carboxylic acids is 3.